The zero-order chi connectivity index (χ0) is 15.8. The van der Waals surface area contributed by atoms with Crippen LogP contribution >= 0.6 is 0 Å². The van der Waals surface area contributed by atoms with Crippen LogP contribution in [0, 0.1) is 12.3 Å². The highest BCUT2D eigenvalue weighted by Crippen LogP contribution is 2.10. The van der Waals surface area contributed by atoms with E-state index in [1.54, 1.807) is 24.3 Å². The highest BCUT2D eigenvalue weighted by atomic mass is 16.5. The second kappa shape index (κ2) is 8.05. The van der Waals surface area contributed by atoms with Gasteiger partial charge in [-0.1, -0.05) is 12.0 Å². The summed E-state index contributed by atoms with van der Waals surface area (Å²) in [6.45, 7) is 1.36. The largest absolute Gasteiger partial charge is 0.376 e. The van der Waals surface area contributed by atoms with E-state index in [-0.39, 0.29) is 24.5 Å². The van der Waals surface area contributed by atoms with Crippen molar-refractivity contribution in [2.24, 2.45) is 10.7 Å². The Labute approximate surface area is 130 Å². The number of carbonyl (C=O) groups is 1. The van der Waals surface area contributed by atoms with Crippen molar-refractivity contribution >= 4 is 17.6 Å². The zero-order valence-corrected chi connectivity index (χ0v) is 12.3. The number of carbonyl (C=O) groups excluding carboxylic acids is 1. The number of ether oxygens (including phenoxy) is 1. The predicted octanol–water partition coefficient (Wildman–Crippen LogP) is 0.690. The molecule has 1 saturated heterocycles. The molecule has 2 rings (SSSR count). The van der Waals surface area contributed by atoms with Crippen LogP contribution in [0.5, 0.6) is 0 Å². The minimum atomic E-state index is -0.254. The summed E-state index contributed by atoms with van der Waals surface area (Å²) in [7, 11) is 0. The molecule has 0 radical (unpaired) electrons. The van der Waals surface area contributed by atoms with Gasteiger partial charge in [0.1, 0.15) is 6.54 Å². The second-order valence-corrected chi connectivity index (χ2v) is 4.99. The van der Waals surface area contributed by atoms with Crippen LogP contribution < -0.4 is 16.4 Å². The zero-order valence-electron chi connectivity index (χ0n) is 12.3. The van der Waals surface area contributed by atoms with E-state index in [0.29, 0.717) is 17.8 Å². The van der Waals surface area contributed by atoms with Crippen molar-refractivity contribution in [1.82, 2.24) is 5.32 Å². The Morgan fingerprint density at radius 3 is 3.14 bits per heavy atom. The summed E-state index contributed by atoms with van der Waals surface area (Å²) in [6, 6.07) is 7.06. The molecule has 0 bridgehead atoms. The van der Waals surface area contributed by atoms with Gasteiger partial charge in [0.05, 0.1) is 6.10 Å². The minimum Gasteiger partial charge on any atom is -0.376 e. The molecule has 1 amide bonds. The number of hydrogen-bond acceptors (Lipinski definition) is 3. The number of rotatable bonds is 5. The Kier molecular flexibility index (Phi) is 5.81. The van der Waals surface area contributed by atoms with Crippen molar-refractivity contribution in [3.8, 4) is 12.3 Å². The average Bonchev–Trinajstić information content (AvgIpc) is 3.04. The summed E-state index contributed by atoms with van der Waals surface area (Å²) in [6.07, 6.45) is 7.58. The van der Waals surface area contributed by atoms with E-state index in [4.69, 9.17) is 16.9 Å². The van der Waals surface area contributed by atoms with Crippen molar-refractivity contribution in [3.05, 3.63) is 29.8 Å². The Bertz CT molecular complexity index is 586. The third kappa shape index (κ3) is 5.11. The molecule has 22 heavy (non-hydrogen) atoms. The third-order valence-electron chi connectivity index (χ3n) is 3.24. The number of aliphatic imine (C=N–C) groups is 1. The number of terminal acetylenes is 1. The van der Waals surface area contributed by atoms with Gasteiger partial charge in [-0.25, -0.2) is 4.99 Å². The van der Waals surface area contributed by atoms with Crippen LogP contribution in [0.3, 0.4) is 0 Å². The molecular formula is C16H20N4O2. The van der Waals surface area contributed by atoms with Gasteiger partial charge in [0.25, 0.3) is 0 Å². The third-order valence-corrected chi connectivity index (χ3v) is 3.24. The number of nitrogens with zero attached hydrogens (tertiary/aromatic N) is 1. The van der Waals surface area contributed by atoms with Gasteiger partial charge in [-0.15, -0.1) is 6.42 Å². The number of anilines is 1. The van der Waals surface area contributed by atoms with Crippen molar-refractivity contribution in [2.45, 2.75) is 18.9 Å². The van der Waals surface area contributed by atoms with Crippen LogP contribution in [-0.2, 0) is 9.53 Å². The normalized spacial score (nSPS) is 17.8. The highest BCUT2D eigenvalue weighted by molar-refractivity contribution is 5.94. The molecule has 0 saturated carbocycles. The molecular weight excluding hydrogens is 280 g/mol. The number of benzene rings is 1. The lowest BCUT2D eigenvalue weighted by Gasteiger charge is -2.11. The molecule has 0 aromatic heterocycles. The molecule has 1 fully saturated rings. The lowest BCUT2D eigenvalue weighted by Crippen LogP contribution is -2.37. The maximum Gasteiger partial charge on any atom is 0.246 e. The lowest BCUT2D eigenvalue weighted by molar-refractivity contribution is -0.114. The summed E-state index contributed by atoms with van der Waals surface area (Å²) in [5.74, 6) is 2.50. The number of guanidine groups is 1. The molecule has 1 atom stereocenters. The predicted molar refractivity (Wildman–Crippen MR) is 86.5 cm³/mol. The average molecular weight is 300 g/mol. The number of hydrogen-bond donors (Lipinski definition) is 3. The number of nitrogens with one attached hydrogen (secondary N) is 2. The van der Waals surface area contributed by atoms with Crippen LogP contribution in [0.25, 0.3) is 0 Å². The number of nitrogens with two attached hydrogens (primary N) is 1. The molecule has 1 aliphatic heterocycles. The van der Waals surface area contributed by atoms with Crippen LogP contribution in [0.1, 0.15) is 18.4 Å². The Hall–Kier alpha value is -2.52. The van der Waals surface area contributed by atoms with Gasteiger partial charge >= 0.3 is 0 Å². The quantitative estimate of drug-likeness (QED) is 0.424. The van der Waals surface area contributed by atoms with Crippen LogP contribution in [0.4, 0.5) is 5.69 Å². The molecule has 1 unspecified atom stereocenters. The second-order valence-electron chi connectivity index (χ2n) is 4.99. The van der Waals surface area contributed by atoms with Crippen LogP contribution in [0.15, 0.2) is 29.3 Å². The van der Waals surface area contributed by atoms with E-state index in [0.717, 1.165) is 19.4 Å². The molecule has 116 valence electrons. The van der Waals surface area contributed by atoms with Crippen molar-refractivity contribution in [3.63, 3.8) is 0 Å². The molecule has 1 heterocycles. The maximum atomic E-state index is 11.8. The standard InChI is InChI=1S/C16H20N4O2/c1-2-12-5-3-6-13(9-12)20-15(21)11-19-16(17)18-10-14-7-4-8-22-14/h1,3,5-6,9,14H,4,7-8,10-11H2,(H,20,21)(H3,17,18,19). The first kappa shape index (κ1) is 15.9. The first-order valence-electron chi connectivity index (χ1n) is 7.19. The van der Waals surface area contributed by atoms with Crippen molar-refractivity contribution < 1.29 is 9.53 Å². The number of amides is 1. The summed E-state index contributed by atoms with van der Waals surface area (Å²) in [5, 5.41) is 5.68. The molecule has 6 heteroatoms. The Morgan fingerprint density at radius 2 is 2.41 bits per heavy atom. The van der Waals surface area contributed by atoms with Gasteiger partial charge in [0, 0.05) is 24.4 Å². The fourth-order valence-electron chi connectivity index (χ4n) is 2.12. The van der Waals surface area contributed by atoms with Gasteiger partial charge < -0.3 is 21.1 Å². The van der Waals surface area contributed by atoms with E-state index >= 15 is 0 Å². The van der Waals surface area contributed by atoms with Gasteiger partial charge in [0.15, 0.2) is 5.96 Å². The first-order chi connectivity index (χ1) is 10.7. The Morgan fingerprint density at radius 1 is 1.55 bits per heavy atom. The van der Waals surface area contributed by atoms with Crippen molar-refractivity contribution in [2.75, 3.05) is 25.0 Å². The van der Waals surface area contributed by atoms with Gasteiger partial charge in [-0.3, -0.25) is 4.79 Å². The minimum absolute atomic E-state index is 0.0510. The summed E-state index contributed by atoms with van der Waals surface area (Å²) < 4.78 is 5.46. The van der Waals surface area contributed by atoms with E-state index in [1.807, 2.05) is 0 Å². The SMILES string of the molecule is C#Cc1cccc(NC(=O)CN=C(N)NCC2CCCO2)c1. The highest BCUT2D eigenvalue weighted by Gasteiger charge is 2.14. The van der Waals surface area contributed by atoms with Gasteiger partial charge in [-0.05, 0) is 31.0 Å². The Balaban J connectivity index is 1.75. The van der Waals surface area contributed by atoms with E-state index in [9.17, 15) is 4.79 Å². The summed E-state index contributed by atoms with van der Waals surface area (Å²) in [5.41, 5.74) is 7.06. The molecule has 6 nitrogen and oxygen atoms in total. The van der Waals surface area contributed by atoms with E-state index in [1.165, 1.54) is 0 Å². The van der Waals surface area contributed by atoms with Crippen molar-refractivity contribution in [1.29, 1.82) is 0 Å². The summed E-state index contributed by atoms with van der Waals surface area (Å²) >= 11 is 0. The summed E-state index contributed by atoms with van der Waals surface area (Å²) in [4.78, 5) is 15.8. The molecule has 1 aliphatic rings. The molecule has 0 aliphatic carbocycles. The van der Waals surface area contributed by atoms with Crippen LogP contribution in [-0.4, -0.2) is 37.7 Å². The fraction of sp³-hybridized carbons (Fsp3) is 0.375. The van der Waals surface area contributed by atoms with Crippen LogP contribution in [0.2, 0.25) is 0 Å². The van der Waals surface area contributed by atoms with E-state index < -0.39 is 0 Å². The fourth-order valence-corrected chi connectivity index (χ4v) is 2.12. The van der Waals surface area contributed by atoms with E-state index in [2.05, 4.69) is 21.5 Å². The lowest BCUT2D eigenvalue weighted by atomic mass is 10.2. The van der Waals surface area contributed by atoms with Gasteiger partial charge in [0.2, 0.25) is 5.91 Å². The first-order valence-corrected chi connectivity index (χ1v) is 7.19. The molecule has 1 aromatic carbocycles. The smallest absolute Gasteiger partial charge is 0.246 e. The topological polar surface area (TPSA) is 88.7 Å². The molecule has 0 spiro atoms. The monoisotopic (exact) mass is 300 g/mol. The maximum absolute atomic E-state index is 11.8. The molecule has 1 aromatic rings. The molecule has 4 N–H and O–H groups in total. The van der Waals surface area contributed by atoms with Gasteiger partial charge in [-0.2, -0.15) is 0 Å².